The molecule has 0 fully saturated rings. The van der Waals surface area contributed by atoms with Crippen LogP contribution < -0.4 is 10.7 Å². The van der Waals surface area contributed by atoms with Gasteiger partial charge < -0.3 is 9.94 Å². The summed E-state index contributed by atoms with van der Waals surface area (Å²) in [6, 6.07) is 9.45. The highest BCUT2D eigenvalue weighted by Gasteiger charge is 2.18. The number of nitrogens with zero attached hydrogens (tertiary/aromatic N) is 1. The molecule has 1 aromatic carbocycles. The van der Waals surface area contributed by atoms with Gasteiger partial charge in [0.1, 0.15) is 11.6 Å². The lowest BCUT2D eigenvalue weighted by molar-refractivity contribution is -0.974. The van der Waals surface area contributed by atoms with Crippen molar-refractivity contribution < 1.29 is 15.5 Å². The Bertz CT molecular complexity index is 335. The molecule has 4 nitrogen and oxygen atoms in total. The fourth-order valence-electron chi connectivity index (χ4n) is 1.30. The van der Waals surface area contributed by atoms with Crippen LogP contribution in [0, 0.1) is 0 Å². The average molecular weight is 178 g/mol. The van der Waals surface area contributed by atoms with E-state index in [4.69, 9.17) is 4.84 Å². The first-order valence-corrected chi connectivity index (χ1v) is 3.98. The van der Waals surface area contributed by atoms with Crippen LogP contribution in [-0.4, -0.2) is 12.1 Å². The summed E-state index contributed by atoms with van der Waals surface area (Å²) in [6.07, 6.45) is 0. The van der Waals surface area contributed by atoms with Gasteiger partial charge in [0.15, 0.2) is 0 Å². The maximum absolute atomic E-state index is 11.3. The first-order valence-electron chi connectivity index (χ1n) is 3.98. The Labute approximate surface area is 76.0 Å². The fraction of sp³-hybridized carbons (Fsp3) is 0.111. The predicted molar refractivity (Wildman–Crippen MR) is 44.1 cm³/mol. The van der Waals surface area contributed by atoms with Gasteiger partial charge in [-0.2, -0.15) is 0 Å². The van der Waals surface area contributed by atoms with Crippen molar-refractivity contribution in [3.63, 3.8) is 0 Å². The number of benzene rings is 1. The number of quaternary nitrogens is 1. The van der Waals surface area contributed by atoms with Gasteiger partial charge in [0.2, 0.25) is 0 Å². The van der Waals surface area contributed by atoms with E-state index in [2.05, 4.69) is 0 Å². The maximum Gasteiger partial charge on any atom is 0.138 e. The third kappa shape index (κ3) is 1.31. The molecular weight excluding hydrogens is 168 g/mol. The number of rotatable bonds is 1. The van der Waals surface area contributed by atoms with Crippen LogP contribution in [0.1, 0.15) is 5.56 Å². The van der Waals surface area contributed by atoms with E-state index in [9.17, 15) is 5.11 Å². The molecule has 68 valence electrons. The van der Waals surface area contributed by atoms with Crippen LogP contribution in [0.4, 0.5) is 0 Å². The van der Waals surface area contributed by atoms with E-state index in [-0.39, 0.29) is 5.95 Å². The van der Waals surface area contributed by atoms with E-state index in [0.29, 0.717) is 5.70 Å². The molecule has 0 aromatic heterocycles. The van der Waals surface area contributed by atoms with E-state index in [1.165, 1.54) is 5.59 Å². The molecule has 13 heavy (non-hydrogen) atoms. The molecular formula is C9H10N2O2. The molecule has 1 aliphatic rings. The summed E-state index contributed by atoms with van der Waals surface area (Å²) in [4.78, 5) is 4.76. The standard InChI is InChI=1S/C9H10N2O2/c1-11-8(9(12)13-10-11)7-5-3-2-4-6-7/h2-6,10,12H,1H3. The first-order chi connectivity index (χ1) is 6.29. The number of nitrogens with two attached hydrogens (primary N) is 1. The molecule has 0 unspecified atom stereocenters. The van der Waals surface area contributed by atoms with E-state index in [1.54, 1.807) is 12.1 Å². The topological polar surface area (TPSA) is 52.1 Å². The third-order valence-electron chi connectivity index (χ3n) is 1.91. The highest BCUT2D eigenvalue weighted by atomic mass is 16.8. The second kappa shape index (κ2) is 2.99. The molecule has 0 aliphatic carbocycles. The first kappa shape index (κ1) is 7.94. The van der Waals surface area contributed by atoms with Crippen molar-refractivity contribution in [3.8, 4) is 0 Å². The third-order valence-corrected chi connectivity index (χ3v) is 1.91. The minimum absolute atomic E-state index is 0.297. The van der Waals surface area contributed by atoms with Crippen LogP contribution in [-0.2, 0) is 4.84 Å². The number of hydrogen-bond acceptors (Lipinski definition) is 3. The molecule has 1 heterocycles. The summed E-state index contributed by atoms with van der Waals surface area (Å²) in [6.45, 7) is 0. The predicted octanol–water partition coefficient (Wildman–Crippen LogP) is -0.972. The molecule has 0 atom stereocenters. The normalized spacial score (nSPS) is 16.2. The Morgan fingerprint density at radius 2 is 2.00 bits per heavy atom. The van der Waals surface area contributed by atoms with E-state index in [1.807, 2.05) is 30.3 Å². The minimum Gasteiger partial charge on any atom is -0.540 e. The van der Waals surface area contributed by atoms with Gasteiger partial charge >= 0.3 is 0 Å². The largest absolute Gasteiger partial charge is 0.540 e. The van der Waals surface area contributed by atoms with Gasteiger partial charge in [-0.1, -0.05) is 30.3 Å². The summed E-state index contributed by atoms with van der Waals surface area (Å²) in [5, 5.41) is 12.9. The van der Waals surface area contributed by atoms with Crippen LogP contribution >= 0.6 is 0 Å². The van der Waals surface area contributed by atoms with Gasteiger partial charge in [0.05, 0.1) is 7.05 Å². The second-order valence-corrected chi connectivity index (χ2v) is 2.84. The van der Waals surface area contributed by atoms with Gasteiger partial charge in [-0.15, -0.1) is 5.59 Å². The van der Waals surface area contributed by atoms with Crippen molar-refractivity contribution >= 4 is 5.70 Å². The van der Waals surface area contributed by atoms with Gasteiger partial charge in [-0.05, 0) is 0 Å². The van der Waals surface area contributed by atoms with Crippen molar-refractivity contribution in [1.29, 1.82) is 0 Å². The molecule has 0 bridgehead atoms. The fourth-order valence-corrected chi connectivity index (χ4v) is 1.30. The van der Waals surface area contributed by atoms with Crippen molar-refractivity contribution in [1.82, 2.24) is 5.01 Å². The lowest BCUT2D eigenvalue weighted by atomic mass is 10.1. The Kier molecular flexibility index (Phi) is 1.83. The summed E-state index contributed by atoms with van der Waals surface area (Å²) in [5.74, 6) is -0.297. The average Bonchev–Trinajstić information content (AvgIpc) is 2.48. The molecule has 2 rings (SSSR count). The zero-order valence-electron chi connectivity index (χ0n) is 7.23. The summed E-state index contributed by atoms with van der Waals surface area (Å²) < 4.78 is 0. The Balaban J connectivity index is 2.41. The summed E-state index contributed by atoms with van der Waals surface area (Å²) >= 11 is 0. The van der Waals surface area contributed by atoms with Gasteiger partial charge in [-0.3, -0.25) is 0 Å². The second-order valence-electron chi connectivity index (χ2n) is 2.84. The summed E-state index contributed by atoms with van der Waals surface area (Å²) in [5.41, 5.74) is 2.87. The minimum atomic E-state index is -0.297. The number of hydrogen-bond donors (Lipinski definition) is 1. The van der Waals surface area contributed by atoms with Gasteiger partial charge in [0.25, 0.3) is 0 Å². The smallest absolute Gasteiger partial charge is 0.138 e. The van der Waals surface area contributed by atoms with Gasteiger partial charge in [-0.25, -0.2) is 5.01 Å². The van der Waals surface area contributed by atoms with Crippen LogP contribution in [0.2, 0.25) is 0 Å². The highest BCUT2D eigenvalue weighted by Crippen LogP contribution is 2.18. The van der Waals surface area contributed by atoms with Crippen molar-refractivity contribution in [2.45, 2.75) is 0 Å². The maximum atomic E-state index is 11.3. The SMILES string of the molecule is CN1[NH2+]OC([O-])=C1c1ccccc1. The molecule has 0 saturated carbocycles. The van der Waals surface area contributed by atoms with Gasteiger partial charge in [0, 0.05) is 5.56 Å². The van der Waals surface area contributed by atoms with Crippen LogP contribution in [0.3, 0.4) is 0 Å². The highest BCUT2D eigenvalue weighted by molar-refractivity contribution is 5.63. The molecule has 0 saturated heterocycles. The molecule has 0 radical (unpaired) electrons. The summed E-state index contributed by atoms with van der Waals surface area (Å²) in [7, 11) is 1.78. The van der Waals surface area contributed by atoms with E-state index >= 15 is 0 Å². The van der Waals surface area contributed by atoms with Crippen LogP contribution in [0.15, 0.2) is 36.3 Å². The van der Waals surface area contributed by atoms with Crippen LogP contribution in [0.25, 0.3) is 5.70 Å². The lowest BCUT2D eigenvalue weighted by Gasteiger charge is -2.10. The zero-order chi connectivity index (χ0) is 9.26. The zero-order valence-corrected chi connectivity index (χ0v) is 7.23. The van der Waals surface area contributed by atoms with E-state index < -0.39 is 0 Å². The molecule has 2 N–H and O–H groups in total. The molecule has 1 aliphatic heterocycles. The Hall–Kier alpha value is -1.68. The monoisotopic (exact) mass is 178 g/mol. The van der Waals surface area contributed by atoms with Crippen molar-refractivity contribution in [3.05, 3.63) is 41.8 Å². The Morgan fingerprint density at radius 1 is 1.31 bits per heavy atom. The molecule has 0 amide bonds. The van der Waals surface area contributed by atoms with Crippen molar-refractivity contribution in [2.24, 2.45) is 0 Å². The molecule has 0 spiro atoms. The van der Waals surface area contributed by atoms with Crippen LogP contribution in [0.5, 0.6) is 0 Å². The van der Waals surface area contributed by atoms with Crippen molar-refractivity contribution in [2.75, 3.05) is 7.05 Å². The molecule has 4 heteroatoms. The Morgan fingerprint density at radius 3 is 2.54 bits per heavy atom. The quantitative estimate of drug-likeness (QED) is 0.563. The van der Waals surface area contributed by atoms with E-state index in [0.717, 1.165) is 5.56 Å². The lowest BCUT2D eigenvalue weighted by Crippen LogP contribution is -2.88. The molecule has 1 aromatic rings.